The highest BCUT2D eigenvalue weighted by atomic mass is 32.2. The van der Waals surface area contributed by atoms with Crippen molar-refractivity contribution in [2.45, 2.75) is 25.8 Å². The van der Waals surface area contributed by atoms with Crippen LogP contribution in [0.25, 0.3) is 11.0 Å². The number of nitrogens with one attached hydrogen (secondary N) is 3. The molecule has 13 heteroatoms. The fourth-order valence-electron chi connectivity index (χ4n) is 6.14. The zero-order valence-electron chi connectivity index (χ0n) is 25.4. The van der Waals surface area contributed by atoms with Crippen LogP contribution in [-0.2, 0) is 10.0 Å². The Labute approximate surface area is 258 Å². The van der Waals surface area contributed by atoms with Crippen LogP contribution in [0.1, 0.15) is 19.8 Å². The molecule has 0 radical (unpaired) electrons. The number of anilines is 6. The number of aromatic amines is 1. The lowest BCUT2D eigenvalue weighted by Gasteiger charge is -2.43. The standard InChI is InChI=1S/C31H40FN9O2S/c1-4-39-17-19-40(20-18-39)23-12-15-41(16-13-23)27-10-9-22(21-25(27)32)34-31-36-29-24(11-14-33-29)30(37-31)35-26-7-5-6-8-28(26)38(2)44(3,42)43/h5-11,14,21,23H,4,12-13,15-20H2,1-3H3,(H3,33,34,35,36,37). The fourth-order valence-corrected chi connectivity index (χ4v) is 6.66. The minimum Gasteiger partial charge on any atom is -0.369 e. The normalized spacial score (nSPS) is 17.2. The molecule has 2 saturated heterocycles. The lowest BCUT2D eigenvalue weighted by Crippen LogP contribution is -2.53. The first-order valence-corrected chi connectivity index (χ1v) is 17.0. The van der Waals surface area contributed by atoms with Crippen LogP contribution >= 0.6 is 0 Å². The topological polar surface area (TPSA) is 113 Å². The van der Waals surface area contributed by atoms with Gasteiger partial charge in [-0.3, -0.25) is 9.21 Å². The van der Waals surface area contributed by atoms with E-state index in [0.717, 1.165) is 70.3 Å². The highest BCUT2D eigenvalue weighted by Gasteiger charge is 2.28. The zero-order valence-corrected chi connectivity index (χ0v) is 26.2. The number of aromatic nitrogens is 3. The highest BCUT2D eigenvalue weighted by molar-refractivity contribution is 7.92. The number of benzene rings is 2. The number of piperazine rings is 1. The van der Waals surface area contributed by atoms with Gasteiger partial charge < -0.3 is 25.4 Å². The molecule has 0 aliphatic carbocycles. The number of halogens is 1. The van der Waals surface area contributed by atoms with Gasteiger partial charge in [0.25, 0.3) is 0 Å². The molecular weight excluding hydrogens is 581 g/mol. The zero-order chi connectivity index (χ0) is 30.8. The van der Waals surface area contributed by atoms with Gasteiger partial charge >= 0.3 is 0 Å². The SMILES string of the molecule is CCN1CCN(C2CCN(c3ccc(Nc4nc(Nc5ccccc5N(C)S(C)(=O)=O)c5cc[nH]c5n4)cc3F)CC2)CC1. The lowest BCUT2D eigenvalue weighted by molar-refractivity contribution is 0.0878. The molecule has 0 spiro atoms. The smallest absolute Gasteiger partial charge is 0.232 e. The maximum absolute atomic E-state index is 15.4. The molecule has 44 heavy (non-hydrogen) atoms. The maximum Gasteiger partial charge on any atom is 0.232 e. The predicted molar refractivity (Wildman–Crippen MR) is 175 cm³/mol. The summed E-state index contributed by atoms with van der Waals surface area (Å²) in [6, 6.07) is 14.7. The molecule has 0 atom stereocenters. The van der Waals surface area contributed by atoms with Crippen LogP contribution in [0, 0.1) is 5.82 Å². The number of rotatable bonds is 9. The third-order valence-electron chi connectivity index (χ3n) is 8.79. The van der Waals surface area contributed by atoms with Gasteiger partial charge in [-0.1, -0.05) is 19.1 Å². The molecule has 2 aliphatic heterocycles. The van der Waals surface area contributed by atoms with Crippen molar-refractivity contribution < 1.29 is 12.8 Å². The molecule has 6 rings (SSSR count). The van der Waals surface area contributed by atoms with E-state index in [9.17, 15) is 8.42 Å². The first-order valence-electron chi connectivity index (χ1n) is 15.1. The average Bonchev–Trinajstić information content (AvgIpc) is 3.50. The van der Waals surface area contributed by atoms with E-state index < -0.39 is 10.0 Å². The summed E-state index contributed by atoms with van der Waals surface area (Å²) in [7, 11) is -1.97. The molecule has 4 heterocycles. The molecule has 2 fully saturated rings. The van der Waals surface area contributed by atoms with Crippen LogP contribution in [0.4, 0.5) is 38.9 Å². The fraction of sp³-hybridized carbons (Fsp3) is 0.419. The summed E-state index contributed by atoms with van der Waals surface area (Å²) < 4.78 is 41.1. The number of hydrogen-bond acceptors (Lipinski definition) is 9. The predicted octanol–water partition coefficient (Wildman–Crippen LogP) is 4.59. The molecule has 2 aromatic heterocycles. The monoisotopic (exact) mass is 621 g/mol. The molecule has 234 valence electrons. The number of likely N-dealkylation sites (N-methyl/N-ethyl adjacent to an activating group) is 1. The number of fused-ring (bicyclic) bond motifs is 1. The summed E-state index contributed by atoms with van der Waals surface area (Å²) in [4.78, 5) is 19.6. The number of sulfonamides is 1. The number of H-pyrrole nitrogens is 1. The van der Waals surface area contributed by atoms with Crippen LogP contribution in [0.15, 0.2) is 54.7 Å². The van der Waals surface area contributed by atoms with Gasteiger partial charge in [0.05, 0.1) is 28.7 Å². The Morgan fingerprint density at radius 1 is 1.00 bits per heavy atom. The quantitative estimate of drug-likeness (QED) is 0.247. The van der Waals surface area contributed by atoms with Crippen molar-refractivity contribution in [3.8, 4) is 0 Å². The van der Waals surface area contributed by atoms with E-state index >= 15 is 4.39 Å². The van der Waals surface area contributed by atoms with Gasteiger partial charge in [0.1, 0.15) is 17.3 Å². The van der Waals surface area contributed by atoms with E-state index in [0.29, 0.717) is 40.3 Å². The van der Waals surface area contributed by atoms with Crippen molar-refractivity contribution in [2.75, 3.05) is 79.0 Å². The van der Waals surface area contributed by atoms with E-state index in [-0.39, 0.29) is 11.8 Å². The van der Waals surface area contributed by atoms with Gasteiger partial charge in [0, 0.05) is 64.2 Å². The molecule has 0 amide bonds. The van der Waals surface area contributed by atoms with Crippen molar-refractivity contribution in [3.05, 3.63) is 60.5 Å². The molecule has 11 nitrogen and oxygen atoms in total. The van der Waals surface area contributed by atoms with E-state index in [1.165, 1.54) is 17.4 Å². The summed E-state index contributed by atoms with van der Waals surface area (Å²) in [5.41, 5.74) is 2.76. The second-order valence-corrected chi connectivity index (χ2v) is 13.5. The van der Waals surface area contributed by atoms with Gasteiger partial charge in [-0.25, -0.2) is 12.8 Å². The second kappa shape index (κ2) is 12.6. The molecule has 0 unspecified atom stereocenters. The van der Waals surface area contributed by atoms with Crippen molar-refractivity contribution in [2.24, 2.45) is 0 Å². The minimum absolute atomic E-state index is 0.271. The van der Waals surface area contributed by atoms with Crippen molar-refractivity contribution >= 4 is 55.6 Å². The summed E-state index contributed by atoms with van der Waals surface area (Å²) in [5.74, 6) is 0.457. The Bertz CT molecular complexity index is 1710. The van der Waals surface area contributed by atoms with E-state index in [4.69, 9.17) is 0 Å². The number of nitrogens with zero attached hydrogens (tertiary/aromatic N) is 6. The third kappa shape index (κ3) is 6.44. The summed E-state index contributed by atoms with van der Waals surface area (Å²) in [5, 5.41) is 7.14. The minimum atomic E-state index is -3.48. The van der Waals surface area contributed by atoms with Gasteiger partial charge in [0.15, 0.2) is 0 Å². The summed E-state index contributed by atoms with van der Waals surface area (Å²) in [6.07, 6.45) is 4.98. The third-order valence-corrected chi connectivity index (χ3v) is 9.98. The van der Waals surface area contributed by atoms with Gasteiger partial charge in [-0.15, -0.1) is 0 Å². The largest absolute Gasteiger partial charge is 0.369 e. The molecule has 3 N–H and O–H groups in total. The summed E-state index contributed by atoms with van der Waals surface area (Å²) >= 11 is 0. The molecule has 0 bridgehead atoms. The van der Waals surface area contributed by atoms with Gasteiger partial charge in [0.2, 0.25) is 16.0 Å². The molecular formula is C31H40FN9O2S. The summed E-state index contributed by atoms with van der Waals surface area (Å²) in [6.45, 7) is 9.49. The lowest BCUT2D eigenvalue weighted by atomic mass is 10.0. The Morgan fingerprint density at radius 3 is 2.45 bits per heavy atom. The Hall–Kier alpha value is -3.94. The Morgan fingerprint density at radius 2 is 1.75 bits per heavy atom. The van der Waals surface area contributed by atoms with Crippen LogP contribution in [-0.4, -0.2) is 98.3 Å². The van der Waals surface area contributed by atoms with Crippen molar-refractivity contribution in [1.29, 1.82) is 0 Å². The van der Waals surface area contributed by atoms with Crippen LogP contribution in [0.5, 0.6) is 0 Å². The number of para-hydroxylation sites is 2. The van der Waals surface area contributed by atoms with Crippen LogP contribution < -0.4 is 19.8 Å². The molecule has 0 saturated carbocycles. The molecule has 4 aromatic rings. The van der Waals surface area contributed by atoms with E-state index in [1.54, 1.807) is 24.4 Å². The second-order valence-electron chi connectivity index (χ2n) is 11.5. The van der Waals surface area contributed by atoms with Crippen molar-refractivity contribution in [1.82, 2.24) is 24.8 Å². The molecule has 2 aliphatic rings. The van der Waals surface area contributed by atoms with E-state index in [1.807, 2.05) is 24.3 Å². The Kier molecular flexibility index (Phi) is 8.61. The van der Waals surface area contributed by atoms with Crippen LogP contribution in [0.3, 0.4) is 0 Å². The van der Waals surface area contributed by atoms with E-state index in [2.05, 4.69) is 47.2 Å². The number of hydrogen-bond donors (Lipinski definition) is 3. The van der Waals surface area contributed by atoms with Gasteiger partial charge in [-0.05, 0) is 55.8 Å². The molecule has 2 aromatic carbocycles. The number of piperidine rings is 1. The van der Waals surface area contributed by atoms with Crippen molar-refractivity contribution in [3.63, 3.8) is 0 Å². The maximum atomic E-state index is 15.4. The van der Waals surface area contributed by atoms with Crippen LogP contribution in [0.2, 0.25) is 0 Å². The highest BCUT2D eigenvalue weighted by Crippen LogP contribution is 2.33. The Balaban J connectivity index is 1.16. The van der Waals surface area contributed by atoms with Gasteiger partial charge in [-0.2, -0.15) is 9.97 Å². The average molecular weight is 622 g/mol. The first kappa shape index (κ1) is 30.1. The first-order chi connectivity index (χ1) is 21.2.